The topological polar surface area (TPSA) is 57.7 Å². The number of alkyl halides is 5. The molecular weight excluding hydrogens is 498 g/mol. The van der Waals surface area contributed by atoms with Gasteiger partial charge in [-0.1, -0.05) is 13.0 Å². The van der Waals surface area contributed by atoms with Gasteiger partial charge in [0.15, 0.2) is 5.78 Å². The Labute approximate surface area is 201 Å². The molecule has 0 radical (unpaired) electrons. The molecule has 1 aliphatic carbocycles. The standard InChI is InChI=1S/C23H30F6N2O3S/c1-2-16-35(33,34)31-14-12-30(13-15-31)21(8-10-22(25,26)11-9-21)7-6-19(32)20-17(23(27,28)29)4-3-5-18(20)24/h3-5H,2,6-16H2,1H3. The van der Waals surface area contributed by atoms with Gasteiger partial charge >= 0.3 is 6.18 Å². The van der Waals surface area contributed by atoms with Crippen molar-refractivity contribution in [3.63, 3.8) is 0 Å². The van der Waals surface area contributed by atoms with Gasteiger partial charge in [-0.3, -0.25) is 9.69 Å². The Morgan fingerprint density at radius 3 is 2.17 bits per heavy atom. The molecule has 1 aliphatic heterocycles. The molecule has 0 amide bonds. The zero-order chi connectivity index (χ0) is 26.1. The Morgan fingerprint density at radius 1 is 1.03 bits per heavy atom. The molecule has 0 atom stereocenters. The van der Waals surface area contributed by atoms with Gasteiger partial charge in [-0.15, -0.1) is 0 Å². The molecule has 0 unspecified atom stereocenters. The SMILES string of the molecule is CCCS(=O)(=O)N1CCN(C2(CCC(=O)c3c(F)cccc3C(F)(F)F)CCC(F)(F)CC2)CC1. The van der Waals surface area contributed by atoms with Crippen LogP contribution in [-0.2, 0) is 16.2 Å². The normalized spacial score (nSPS) is 21.7. The summed E-state index contributed by atoms with van der Waals surface area (Å²) in [5.41, 5.74) is -3.30. The lowest BCUT2D eigenvalue weighted by molar-refractivity contribution is -0.138. The molecule has 2 aliphatic rings. The molecule has 1 saturated heterocycles. The third kappa shape index (κ3) is 6.37. The number of hydrogen-bond donors (Lipinski definition) is 0. The van der Waals surface area contributed by atoms with Gasteiger partial charge < -0.3 is 0 Å². The van der Waals surface area contributed by atoms with Crippen molar-refractivity contribution in [1.29, 1.82) is 0 Å². The summed E-state index contributed by atoms with van der Waals surface area (Å²) in [7, 11) is -3.43. The molecule has 1 aromatic carbocycles. The molecule has 12 heteroatoms. The summed E-state index contributed by atoms with van der Waals surface area (Å²) in [5.74, 6) is -5.18. The first-order valence-electron chi connectivity index (χ1n) is 11.7. The van der Waals surface area contributed by atoms with Crippen LogP contribution in [0.3, 0.4) is 0 Å². The summed E-state index contributed by atoms with van der Waals surface area (Å²) in [5, 5.41) is 0. The number of nitrogens with zero attached hydrogens (tertiary/aromatic N) is 2. The van der Waals surface area contributed by atoms with E-state index >= 15 is 0 Å². The Balaban J connectivity index is 1.79. The van der Waals surface area contributed by atoms with Gasteiger partial charge in [0.05, 0.1) is 16.9 Å². The van der Waals surface area contributed by atoms with Gasteiger partial charge in [-0.25, -0.2) is 21.6 Å². The molecule has 0 bridgehead atoms. The summed E-state index contributed by atoms with van der Waals surface area (Å²) in [4.78, 5) is 14.7. The first-order valence-corrected chi connectivity index (χ1v) is 13.3. The molecule has 35 heavy (non-hydrogen) atoms. The van der Waals surface area contributed by atoms with Crippen molar-refractivity contribution in [3.8, 4) is 0 Å². The second-order valence-electron chi connectivity index (χ2n) is 9.37. The van der Waals surface area contributed by atoms with Crippen molar-refractivity contribution < 1.29 is 39.6 Å². The number of Topliss-reactive ketones (excluding diaryl/α,β-unsaturated/α-hetero) is 1. The minimum atomic E-state index is -4.92. The zero-order valence-electron chi connectivity index (χ0n) is 19.5. The maximum atomic E-state index is 14.3. The van der Waals surface area contributed by atoms with E-state index in [1.165, 1.54) is 4.31 Å². The fraction of sp³-hybridized carbons (Fsp3) is 0.696. The highest BCUT2D eigenvalue weighted by Crippen LogP contribution is 2.45. The molecule has 0 N–H and O–H groups in total. The molecule has 0 spiro atoms. The highest BCUT2D eigenvalue weighted by atomic mass is 32.2. The molecule has 1 saturated carbocycles. The van der Waals surface area contributed by atoms with E-state index in [4.69, 9.17) is 0 Å². The van der Waals surface area contributed by atoms with E-state index in [-0.39, 0.29) is 51.2 Å². The number of carbonyl (C=O) groups excluding carboxylic acids is 1. The first-order chi connectivity index (χ1) is 16.2. The molecule has 3 rings (SSSR count). The van der Waals surface area contributed by atoms with Gasteiger partial charge in [0.1, 0.15) is 5.82 Å². The monoisotopic (exact) mass is 528 g/mol. The number of piperazine rings is 1. The van der Waals surface area contributed by atoms with Crippen molar-refractivity contribution in [2.24, 2.45) is 0 Å². The largest absolute Gasteiger partial charge is 0.417 e. The van der Waals surface area contributed by atoms with Crippen LogP contribution in [0.2, 0.25) is 0 Å². The summed E-state index contributed by atoms with van der Waals surface area (Å²) >= 11 is 0. The van der Waals surface area contributed by atoms with Gasteiger partial charge in [-0.2, -0.15) is 17.5 Å². The first kappa shape index (κ1) is 27.9. The van der Waals surface area contributed by atoms with Crippen molar-refractivity contribution in [1.82, 2.24) is 9.21 Å². The number of halogens is 6. The molecule has 1 heterocycles. The van der Waals surface area contributed by atoms with E-state index in [0.717, 1.165) is 12.1 Å². The molecule has 2 fully saturated rings. The predicted molar refractivity (Wildman–Crippen MR) is 118 cm³/mol. The van der Waals surface area contributed by atoms with Gasteiger partial charge in [0.2, 0.25) is 15.9 Å². The quantitative estimate of drug-likeness (QED) is 0.348. The Morgan fingerprint density at radius 2 is 1.63 bits per heavy atom. The van der Waals surface area contributed by atoms with E-state index in [9.17, 15) is 39.6 Å². The van der Waals surface area contributed by atoms with Crippen LogP contribution in [0.1, 0.15) is 67.8 Å². The number of benzene rings is 1. The minimum Gasteiger partial charge on any atom is -0.295 e. The lowest BCUT2D eigenvalue weighted by Crippen LogP contribution is -2.60. The zero-order valence-corrected chi connectivity index (χ0v) is 20.3. The van der Waals surface area contributed by atoms with E-state index < -0.39 is 69.7 Å². The number of carbonyl (C=O) groups is 1. The van der Waals surface area contributed by atoms with Crippen LogP contribution >= 0.6 is 0 Å². The summed E-state index contributed by atoms with van der Waals surface area (Å²) in [6.07, 6.45) is -5.78. The van der Waals surface area contributed by atoms with E-state index in [2.05, 4.69) is 0 Å². The second-order valence-corrected chi connectivity index (χ2v) is 11.5. The van der Waals surface area contributed by atoms with Crippen LogP contribution in [0, 0.1) is 5.82 Å². The van der Waals surface area contributed by atoms with E-state index in [1.807, 2.05) is 4.90 Å². The molecule has 198 valence electrons. The average Bonchev–Trinajstić information content (AvgIpc) is 2.78. The van der Waals surface area contributed by atoms with Gasteiger partial charge in [-0.05, 0) is 37.8 Å². The Bertz CT molecular complexity index is 1010. The minimum absolute atomic E-state index is 0.00302. The fourth-order valence-corrected chi connectivity index (χ4v) is 6.64. The number of sulfonamides is 1. The Kier molecular flexibility index (Phi) is 8.27. The van der Waals surface area contributed by atoms with E-state index in [1.54, 1.807) is 6.92 Å². The smallest absolute Gasteiger partial charge is 0.295 e. The number of rotatable bonds is 8. The van der Waals surface area contributed by atoms with Crippen LogP contribution in [0.5, 0.6) is 0 Å². The highest BCUT2D eigenvalue weighted by Gasteiger charge is 2.48. The highest BCUT2D eigenvalue weighted by molar-refractivity contribution is 7.89. The lowest BCUT2D eigenvalue weighted by Gasteiger charge is -2.51. The summed E-state index contributed by atoms with van der Waals surface area (Å²) in [6, 6.07) is 2.31. The van der Waals surface area contributed by atoms with Crippen LogP contribution in [-0.4, -0.2) is 66.8 Å². The molecular formula is C23H30F6N2O3S. The maximum absolute atomic E-state index is 14.3. The Hall–Kier alpha value is -1.66. The summed E-state index contributed by atoms with van der Waals surface area (Å²) in [6.45, 7) is 2.61. The average molecular weight is 529 g/mol. The van der Waals surface area contributed by atoms with E-state index in [0.29, 0.717) is 12.5 Å². The van der Waals surface area contributed by atoms with Crippen molar-refractivity contribution in [3.05, 3.63) is 35.1 Å². The van der Waals surface area contributed by atoms with Crippen LogP contribution in [0.4, 0.5) is 26.3 Å². The van der Waals surface area contributed by atoms with Crippen molar-refractivity contribution >= 4 is 15.8 Å². The third-order valence-corrected chi connectivity index (χ3v) is 9.17. The number of hydrogen-bond acceptors (Lipinski definition) is 4. The third-order valence-electron chi connectivity index (χ3n) is 7.09. The summed E-state index contributed by atoms with van der Waals surface area (Å²) < 4.78 is 108. The fourth-order valence-electron chi connectivity index (χ4n) is 5.15. The van der Waals surface area contributed by atoms with Crippen LogP contribution < -0.4 is 0 Å². The predicted octanol–water partition coefficient (Wildman–Crippen LogP) is 5.11. The number of ketones is 1. The molecule has 0 aromatic heterocycles. The van der Waals surface area contributed by atoms with Crippen molar-refractivity contribution in [2.75, 3.05) is 31.9 Å². The molecule has 1 aromatic rings. The van der Waals surface area contributed by atoms with Gasteiger partial charge in [0, 0.05) is 51.0 Å². The van der Waals surface area contributed by atoms with Gasteiger partial charge in [0.25, 0.3) is 0 Å². The van der Waals surface area contributed by atoms with Crippen LogP contribution in [0.25, 0.3) is 0 Å². The lowest BCUT2D eigenvalue weighted by atomic mass is 9.74. The van der Waals surface area contributed by atoms with Crippen molar-refractivity contribution in [2.45, 2.75) is 69.5 Å². The maximum Gasteiger partial charge on any atom is 0.417 e. The second kappa shape index (κ2) is 10.4. The van der Waals surface area contributed by atoms with Crippen LogP contribution in [0.15, 0.2) is 18.2 Å². The molecule has 5 nitrogen and oxygen atoms in total.